The fourth-order valence-corrected chi connectivity index (χ4v) is 4.16. The molecule has 6 nitrogen and oxygen atoms in total. The second-order valence-corrected chi connectivity index (χ2v) is 8.97. The van der Waals surface area contributed by atoms with Crippen molar-refractivity contribution in [3.05, 3.63) is 60.7 Å². The smallest absolute Gasteiger partial charge is 0.318 e. The molecule has 0 saturated carbocycles. The maximum Gasteiger partial charge on any atom is 0.318 e. The summed E-state index contributed by atoms with van der Waals surface area (Å²) in [5.74, 6) is -1.70. The fourth-order valence-electron chi connectivity index (χ4n) is 2.15. The third kappa shape index (κ3) is 6.41. The second-order valence-electron chi connectivity index (χ2n) is 5.51. The molecule has 0 fully saturated rings. The van der Waals surface area contributed by atoms with Crippen LogP contribution in [0.1, 0.15) is 20.3 Å². The molecule has 0 spiro atoms. The molecule has 0 amide bonds. The van der Waals surface area contributed by atoms with Crippen LogP contribution in [0.4, 0.5) is 0 Å². The summed E-state index contributed by atoms with van der Waals surface area (Å²) in [5.41, 5.74) is -1.83. The lowest BCUT2D eigenvalue weighted by Gasteiger charge is -2.15. The molecular weight excluding hydrogens is 388 g/mol. The Morgan fingerprint density at radius 1 is 0.741 bits per heavy atom. The highest BCUT2D eigenvalue weighted by Crippen LogP contribution is 2.14. The molecule has 27 heavy (non-hydrogen) atoms. The third-order valence-corrected chi connectivity index (χ3v) is 6.31. The van der Waals surface area contributed by atoms with E-state index < -0.39 is 50.8 Å². The Bertz CT molecular complexity index is 753. The summed E-state index contributed by atoms with van der Waals surface area (Å²) >= 11 is 0. The van der Waals surface area contributed by atoms with E-state index in [4.69, 9.17) is 9.47 Å². The third-order valence-electron chi connectivity index (χ3n) is 3.44. The van der Waals surface area contributed by atoms with Crippen molar-refractivity contribution in [3.63, 3.8) is 0 Å². The topological polar surface area (TPSA) is 86.7 Å². The van der Waals surface area contributed by atoms with Crippen LogP contribution in [0.3, 0.4) is 0 Å². The second kappa shape index (κ2) is 10.1. The molecule has 0 aliphatic heterocycles. The summed E-state index contributed by atoms with van der Waals surface area (Å²) < 4.78 is 34.6. The van der Waals surface area contributed by atoms with Crippen molar-refractivity contribution >= 4 is 33.5 Å². The van der Waals surface area contributed by atoms with Crippen molar-refractivity contribution in [1.29, 1.82) is 0 Å². The summed E-state index contributed by atoms with van der Waals surface area (Å²) in [6, 6.07) is 17.1. The zero-order valence-corrected chi connectivity index (χ0v) is 16.5. The molecule has 2 aromatic rings. The molecule has 0 N–H and O–H groups in total. The van der Waals surface area contributed by atoms with Gasteiger partial charge < -0.3 is 9.47 Å². The van der Waals surface area contributed by atoms with E-state index in [0.29, 0.717) is 9.79 Å². The number of hydrogen-bond acceptors (Lipinski definition) is 6. The summed E-state index contributed by atoms with van der Waals surface area (Å²) in [6.07, 6.45) is -0.646. The van der Waals surface area contributed by atoms with Crippen molar-refractivity contribution in [2.24, 2.45) is 0 Å². The number of hydrogen-bond donors (Lipinski definition) is 0. The number of carbonyl (C=O) groups excluding carboxylic acids is 2. The maximum absolute atomic E-state index is 12.3. The number of rotatable bonds is 8. The Balaban J connectivity index is 1.83. The standard InChI is InChI=1S/C19H20O6S2/c1-14(26(22)16-9-5-3-6-10-16)24-18(20)13-19(21)25-15(2)27(23)17-11-7-4-8-12-17/h3-12,14-15H,13H2,1-2H3/t14-,15-,26?,27?/m0/s1. The van der Waals surface area contributed by atoms with Crippen molar-refractivity contribution < 1.29 is 27.5 Å². The van der Waals surface area contributed by atoms with Gasteiger partial charge in [0, 0.05) is 9.79 Å². The monoisotopic (exact) mass is 408 g/mol. The van der Waals surface area contributed by atoms with Gasteiger partial charge in [-0.05, 0) is 38.1 Å². The molecule has 0 bridgehead atoms. The van der Waals surface area contributed by atoms with E-state index in [1.807, 2.05) is 0 Å². The normalized spacial score (nSPS) is 15.2. The molecule has 0 aromatic heterocycles. The van der Waals surface area contributed by atoms with Gasteiger partial charge >= 0.3 is 11.9 Å². The van der Waals surface area contributed by atoms with Crippen LogP contribution in [0.25, 0.3) is 0 Å². The largest absolute Gasteiger partial charge is 0.448 e. The summed E-state index contributed by atoms with van der Waals surface area (Å²) in [4.78, 5) is 24.8. The molecule has 2 rings (SSSR count). The zero-order chi connectivity index (χ0) is 19.8. The van der Waals surface area contributed by atoms with E-state index in [2.05, 4.69) is 0 Å². The minimum atomic E-state index is -1.55. The van der Waals surface area contributed by atoms with Gasteiger partial charge in [-0.3, -0.25) is 18.0 Å². The number of ether oxygens (including phenoxy) is 2. The average Bonchev–Trinajstić information content (AvgIpc) is 2.67. The first-order valence-electron chi connectivity index (χ1n) is 8.18. The van der Waals surface area contributed by atoms with Gasteiger partial charge in [-0.2, -0.15) is 0 Å². The Hall–Kier alpha value is -2.32. The Morgan fingerprint density at radius 3 is 1.41 bits per heavy atom. The molecule has 0 aliphatic rings. The SMILES string of the molecule is C[C@@H](OC(=O)CC(=O)O[C@H](C)S(=O)c1ccccc1)S(=O)c1ccccc1. The minimum absolute atomic E-state index is 0.521. The van der Waals surface area contributed by atoms with E-state index in [0.717, 1.165) is 0 Å². The van der Waals surface area contributed by atoms with Crippen molar-refractivity contribution in [3.8, 4) is 0 Å². The summed E-state index contributed by atoms with van der Waals surface area (Å²) in [7, 11) is -3.10. The van der Waals surface area contributed by atoms with Crippen LogP contribution < -0.4 is 0 Å². The van der Waals surface area contributed by atoms with Gasteiger partial charge in [0.05, 0.1) is 21.6 Å². The quantitative estimate of drug-likeness (QED) is 0.493. The lowest BCUT2D eigenvalue weighted by molar-refractivity contribution is -0.155. The van der Waals surface area contributed by atoms with Crippen LogP contribution >= 0.6 is 0 Å². The Kier molecular flexibility index (Phi) is 7.87. The predicted octanol–water partition coefficient (Wildman–Crippen LogP) is 2.77. The summed E-state index contributed by atoms with van der Waals surface area (Å²) in [5, 5.41) is 0. The molecule has 0 radical (unpaired) electrons. The maximum atomic E-state index is 12.3. The number of benzene rings is 2. The Labute approximate surface area is 162 Å². The molecule has 0 aliphatic carbocycles. The van der Waals surface area contributed by atoms with Crippen LogP contribution in [0.2, 0.25) is 0 Å². The fraction of sp³-hybridized carbons (Fsp3) is 0.263. The van der Waals surface area contributed by atoms with Crippen molar-refractivity contribution in [2.75, 3.05) is 0 Å². The van der Waals surface area contributed by atoms with E-state index in [-0.39, 0.29) is 0 Å². The van der Waals surface area contributed by atoms with Gasteiger partial charge in [0.15, 0.2) is 10.9 Å². The van der Waals surface area contributed by atoms with Gasteiger partial charge in [0.1, 0.15) is 6.42 Å². The molecule has 2 unspecified atom stereocenters. The molecule has 2 aromatic carbocycles. The van der Waals surface area contributed by atoms with Gasteiger partial charge in [0.25, 0.3) is 0 Å². The Morgan fingerprint density at radius 2 is 1.07 bits per heavy atom. The first kappa shape index (κ1) is 21.0. The van der Waals surface area contributed by atoms with E-state index >= 15 is 0 Å². The lowest BCUT2D eigenvalue weighted by atomic mass is 10.4. The van der Waals surface area contributed by atoms with Crippen LogP contribution in [0.5, 0.6) is 0 Å². The molecule has 144 valence electrons. The molecular formula is C19H20O6S2. The number of esters is 2. The van der Waals surface area contributed by atoms with Crippen LogP contribution in [0.15, 0.2) is 70.5 Å². The van der Waals surface area contributed by atoms with Crippen molar-refractivity contribution in [1.82, 2.24) is 0 Å². The molecule has 4 atom stereocenters. The van der Waals surface area contributed by atoms with Gasteiger partial charge in [-0.15, -0.1) is 0 Å². The number of carbonyl (C=O) groups is 2. The molecule has 0 heterocycles. The van der Waals surface area contributed by atoms with E-state index in [1.54, 1.807) is 60.7 Å². The zero-order valence-electron chi connectivity index (χ0n) is 14.9. The average molecular weight is 408 g/mol. The van der Waals surface area contributed by atoms with Crippen LogP contribution in [-0.4, -0.2) is 31.2 Å². The van der Waals surface area contributed by atoms with Crippen LogP contribution in [0, 0.1) is 0 Å². The van der Waals surface area contributed by atoms with Gasteiger partial charge in [-0.25, -0.2) is 0 Å². The van der Waals surface area contributed by atoms with E-state index in [9.17, 15) is 18.0 Å². The minimum Gasteiger partial charge on any atom is -0.448 e. The highest BCUT2D eigenvalue weighted by molar-refractivity contribution is 7.85. The highest BCUT2D eigenvalue weighted by atomic mass is 32.2. The summed E-state index contributed by atoms with van der Waals surface area (Å²) in [6.45, 7) is 2.97. The first-order chi connectivity index (χ1) is 12.9. The molecule has 8 heteroatoms. The van der Waals surface area contributed by atoms with Crippen LogP contribution in [-0.2, 0) is 40.7 Å². The predicted molar refractivity (Wildman–Crippen MR) is 101 cm³/mol. The van der Waals surface area contributed by atoms with E-state index in [1.165, 1.54) is 13.8 Å². The first-order valence-corrected chi connectivity index (χ1v) is 10.6. The highest BCUT2D eigenvalue weighted by Gasteiger charge is 2.23. The van der Waals surface area contributed by atoms with Gasteiger partial charge in [0.2, 0.25) is 0 Å². The lowest BCUT2D eigenvalue weighted by Crippen LogP contribution is -2.25. The molecule has 0 saturated heterocycles. The van der Waals surface area contributed by atoms with Gasteiger partial charge in [-0.1, -0.05) is 36.4 Å². The van der Waals surface area contributed by atoms with Crippen molar-refractivity contribution in [2.45, 2.75) is 40.9 Å².